The summed E-state index contributed by atoms with van der Waals surface area (Å²) in [5, 5.41) is 3.56. The van der Waals surface area contributed by atoms with Gasteiger partial charge in [-0.3, -0.25) is 0 Å². The molecule has 2 rings (SSSR count). The van der Waals surface area contributed by atoms with E-state index in [0.717, 1.165) is 31.0 Å². The third kappa shape index (κ3) is 3.33. The van der Waals surface area contributed by atoms with Crippen LogP contribution in [0.2, 0.25) is 0 Å². The van der Waals surface area contributed by atoms with Gasteiger partial charge in [0.05, 0.1) is 0 Å². The molecule has 1 fully saturated rings. The zero-order valence-corrected chi connectivity index (χ0v) is 11.4. The molecule has 1 aliphatic heterocycles. The average molecular weight is 236 g/mol. The van der Waals surface area contributed by atoms with E-state index in [1.807, 2.05) is 13.0 Å². The first-order valence-electron chi connectivity index (χ1n) is 6.47. The Bertz CT molecular complexity index is 370. The summed E-state index contributed by atoms with van der Waals surface area (Å²) in [4.78, 5) is 2.44. The minimum atomic E-state index is 0.292. The molecule has 2 heterocycles. The number of nitrogens with zero attached hydrogens (tertiary/aromatic N) is 1. The molecule has 1 N–H and O–H groups in total. The summed E-state index contributed by atoms with van der Waals surface area (Å²) < 4.78 is 5.60. The third-order valence-electron chi connectivity index (χ3n) is 3.69. The van der Waals surface area contributed by atoms with Gasteiger partial charge in [0.1, 0.15) is 11.5 Å². The van der Waals surface area contributed by atoms with Gasteiger partial charge in [-0.2, -0.15) is 0 Å². The predicted molar refractivity (Wildman–Crippen MR) is 70.3 cm³/mol. The van der Waals surface area contributed by atoms with Crippen molar-refractivity contribution >= 4 is 0 Å². The van der Waals surface area contributed by atoms with Crippen molar-refractivity contribution in [1.29, 1.82) is 0 Å². The van der Waals surface area contributed by atoms with Crippen LogP contribution in [0.5, 0.6) is 0 Å². The second kappa shape index (κ2) is 4.83. The number of likely N-dealkylation sites (N-methyl/N-ethyl adjacent to an activating group) is 1. The number of furan rings is 1. The van der Waals surface area contributed by atoms with Gasteiger partial charge in [-0.05, 0) is 46.4 Å². The molecular weight excluding hydrogens is 212 g/mol. The van der Waals surface area contributed by atoms with Crippen molar-refractivity contribution in [1.82, 2.24) is 10.2 Å². The smallest absolute Gasteiger partial charge is 0.105 e. The summed E-state index contributed by atoms with van der Waals surface area (Å²) >= 11 is 0. The average Bonchev–Trinajstić information content (AvgIpc) is 2.81. The Labute approximate surface area is 104 Å². The van der Waals surface area contributed by atoms with Crippen LogP contribution in [0.3, 0.4) is 0 Å². The Morgan fingerprint density at radius 2 is 2.24 bits per heavy atom. The largest absolute Gasteiger partial charge is 0.466 e. The van der Waals surface area contributed by atoms with Crippen LogP contribution in [-0.2, 0) is 6.42 Å². The molecule has 96 valence electrons. The second-order valence-corrected chi connectivity index (χ2v) is 5.87. The molecule has 17 heavy (non-hydrogen) atoms. The minimum Gasteiger partial charge on any atom is -0.466 e. The minimum absolute atomic E-state index is 0.292. The Morgan fingerprint density at radius 1 is 1.47 bits per heavy atom. The van der Waals surface area contributed by atoms with Gasteiger partial charge in [0.15, 0.2) is 0 Å². The van der Waals surface area contributed by atoms with Gasteiger partial charge in [-0.1, -0.05) is 0 Å². The maximum atomic E-state index is 5.60. The first-order valence-corrected chi connectivity index (χ1v) is 6.47. The summed E-state index contributed by atoms with van der Waals surface area (Å²) in [7, 11) is 2.21. The van der Waals surface area contributed by atoms with E-state index in [4.69, 9.17) is 4.42 Å². The van der Waals surface area contributed by atoms with Crippen LogP contribution in [0.1, 0.15) is 31.8 Å². The monoisotopic (exact) mass is 236 g/mol. The fourth-order valence-electron chi connectivity index (χ4n) is 2.53. The van der Waals surface area contributed by atoms with Gasteiger partial charge in [-0.15, -0.1) is 0 Å². The van der Waals surface area contributed by atoms with E-state index < -0.39 is 0 Å². The lowest BCUT2D eigenvalue weighted by molar-refractivity contribution is 0.246. The Hall–Kier alpha value is -0.800. The SMILES string of the molecule is Cc1ccc(CCN(C)C2CNC(C)(C)C2)o1. The Kier molecular flexibility index (Phi) is 3.59. The van der Waals surface area contributed by atoms with Crippen LogP contribution >= 0.6 is 0 Å². The van der Waals surface area contributed by atoms with Crippen LogP contribution < -0.4 is 5.32 Å². The maximum absolute atomic E-state index is 5.60. The number of nitrogens with one attached hydrogen (secondary N) is 1. The van der Waals surface area contributed by atoms with E-state index in [1.165, 1.54) is 6.42 Å². The number of rotatable bonds is 4. The highest BCUT2D eigenvalue weighted by Crippen LogP contribution is 2.21. The van der Waals surface area contributed by atoms with E-state index in [-0.39, 0.29) is 0 Å². The molecule has 1 aliphatic rings. The highest BCUT2D eigenvalue weighted by atomic mass is 16.3. The first kappa shape index (κ1) is 12.7. The van der Waals surface area contributed by atoms with Gasteiger partial charge >= 0.3 is 0 Å². The van der Waals surface area contributed by atoms with Crippen LogP contribution in [-0.4, -0.2) is 36.6 Å². The highest BCUT2D eigenvalue weighted by molar-refractivity contribution is 5.06. The molecule has 3 heteroatoms. The van der Waals surface area contributed by atoms with E-state index >= 15 is 0 Å². The molecule has 1 unspecified atom stereocenters. The van der Waals surface area contributed by atoms with Gasteiger partial charge in [0.2, 0.25) is 0 Å². The second-order valence-electron chi connectivity index (χ2n) is 5.87. The topological polar surface area (TPSA) is 28.4 Å². The highest BCUT2D eigenvalue weighted by Gasteiger charge is 2.32. The molecule has 1 aromatic rings. The van der Waals surface area contributed by atoms with Crippen molar-refractivity contribution in [3.63, 3.8) is 0 Å². The molecule has 3 nitrogen and oxygen atoms in total. The molecule has 0 spiro atoms. The van der Waals surface area contributed by atoms with E-state index in [2.05, 4.69) is 37.2 Å². The zero-order valence-electron chi connectivity index (χ0n) is 11.4. The van der Waals surface area contributed by atoms with Crippen molar-refractivity contribution in [2.45, 2.75) is 45.2 Å². The maximum Gasteiger partial charge on any atom is 0.105 e. The lowest BCUT2D eigenvalue weighted by Gasteiger charge is -2.24. The lowest BCUT2D eigenvalue weighted by Crippen LogP contribution is -2.34. The standard InChI is InChI=1S/C14H24N2O/c1-11-5-6-13(17-11)7-8-16(4)12-9-14(2,3)15-10-12/h5-6,12,15H,7-10H2,1-4H3. The van der Waals surface area contributed by atoms with E-state index in [0.29, 0.717) is 11.6 Å². The fraction of sp³-hybridized carbons (Fsp3) is 0.714. The molecule has 0 saturated carbocycles. The molecule has 1 aromatic heterocycles. The molecule has 0 amide bonds. The van der Waals surface area contributed by atoms with Gasteiger partial charge in [0.25, 0.3) is 0 Å². The molecule has 0 bridgehead atoms. The van der Waals surface area contributed by atoms with Crippen molar-refractivity contribution < 1.29 is 4.42 Å². The van der Waals surface area contributed by atoms with Gasteiger partial charge in [0, 0.05) is 31.1 Å². The summed E-state index contributed by atoms with van der Waals surface area (Å²) in [5.41, 5.74) is 0.292. The molecule has 0 aliphatic carbocycles. The predicted octanol–water partition coefficient (Wildman–Crippen LogP) is 2.20. The number of hydrogen-bond donors (Lipinski definition) is 1. The normalized spacial score (nSPS) is 23.5. The third-order valence-corrected chi connectivity index (χ3v) is 3.69. The summed E-state index contributed by atoms with van der Waals surface area (Å²) in [6, 6.07) is 4.77. The summed E-state index contributed by atoms with van der Waals surface area (Å²) in [6.45, 7) is 8.71. The van der Waals surface area contributed by atoms with Crippen molar-refractivity contribution in [2.75, 3.05) is 20.1 Å². The zero-order chi connectivity index (χ0) is 12.5. The molecule has 1 saturated heterocycles. The van der Waals surface area contributed by atoms with Crippen LogP contribution in [0.4, 0.5) is 0 Å². The quantitative estimate of drug-likeness (QED) is 0.869. The van der Waals surface area contributed by atoms with E-state index in [1.54, 1.807) is 0 Å². The molecule has 0 radical (unpaired) electrons. The molecule has 1 atom stereocenters. The number of aryl methyl sites for hydroxylation is 1. The van der Waals surface area contributed by atoms with Crippen molar-refractivity contribution in [2.24, 2.45) is 0 Å². The Balaban J connectivity index is 1.80. The first-order chi connectivity index (χ1) is 7.96. The van der Waals surface area contributed by atoms with Crippen molar-refractivity contribution in [3.05, 3.63) is 23.7 Å². The van der Waals surface area contributed by atoms with Crippen LogP contribution in [0.25, 0.3) is 0 Å². The van der Waals surface area contributed by atoms with Gasteiger partial charge in [-0.25, -0.2) is 0 Å². The van der Waals surface area contributed by atoms with Crippen molar-refractivity contribution in [3.8, 4) is 0 Å². The van der Waals surface area contributed by atoms with Crippen LogP contribution in [0, 0.1) is 6.92 Å². The molecule has 0 aromatic carbocycles. The summed E-state index contributed by atoms with van der Waals surface area (Å²) in [6.07, 6.45) is 2.22. The fourth-order valence-corrected chi connectivity index (χ4v) is 2.53. The van der Waals surface area contributed by atoms with Gasteiger partial charge < -0.3 is 14.6 Å². The van der Waals surface area contributed by atoms with E-state index in [9.17, 15) is 0 Å². The van der Waals surface area contributed by atoms with Crippen LogP contribution in [0.15, 0.2) is 16.5 Å². The Morgan fingerprint density at radius 3 is 2.76 bits per heavy atom. The molecular formula is C14H24N2O. The number of hydrogen-bond acceptors (Lipinski definition) is 3. The summed E-state index contributed by atoms with van der Waals surface area (Å²) in [5.74, 6) is 2.10. The lowest BCUT2D eigenvalue weighted by atomic mass is 10.0.